The number of allylic oxidation sites excluding steroid dienone is 2. The van der Waals surface area contributed by atoms with Crippen LogP contribution in [-0.4, -0.2) is 112 Å². The van der Waals surface area contributed by atoms with Crippen LogP contribution >= 0.6 is 0 Å². The number of carbonyl (C=O) groups is 2. The molecule has 12 heteroatoms. The summed E-state index contributed by atoms with van der Waals surface area (Å²) < 4.78 is 49.2. The van der Waals surface area contributed by atoms with E-state index in [1.807, 2.05) is 20.8 Å². The molecular formula is C40H65NO11. The molecule has 296 valence electrons. The second-order valence-corrected chi connectivity index (χ2v) is 16.6. The molecule has 3 heterocycles. The van der Waals surface area contributed by atoms with Crippen molar-refractivity contribution in [1.82, 2.24) is 0 Å². The van der Waals surface area contributed by atoms with Crippen LogP contribution in [0.5, 0.6) is 0 Å². The number of hydrogen-bond donors (Lipinski definition) is 2. The number of ether oxygens (including phenoxy) is 8. The highest BCUT2D eigenvalue weighted by atomic mass is 16.7. The number of aliphatic hydroxyl groups excluding tert-OH is 1. The lowest BCUT2D eigenvalue weighted by atomic mass is 9.62. The van der Waals surface area contributed by atoms with E-state index in [1.54, 1.807) is 21.3 Å². The number of methoxy groups -OCH3 is 3. The second kappa shape index (κ2) is 17.1. The third-order valence-electron chi connectivity index (χ3n) is 13.7. The van der Waals surface area contributed by atoms with Gasteiger partial charge in [-0.25, -0.2) is 0 Å². The van der Waals surface area contributed by atoms with Gasteiger partial charge in [0.25, 0.3) is 0 Å². The highest BCUT2D eigenvalue weighted by Gasteiger charge is 2.59. The van der Waals surface area contributed by atoms with Gasteiger partial charge in [0.05, 0.1) is 36.9 Å². The number of fused-ring (bicyclic) bond motifs is 5. The fraction of sp³-hybridized carbons (Fsp3) is 0.900. The van der Waals surface area contributed by atoms with Crippen LogP contribution in [0.3, 0.4) is 0 Å². The van der Waals surface area contributed by atoms with Crippen molar-refractivity contribution in [2.24, 2.45) is 47.2 Å². The number of cyclic esters (lactones) is 1. The van der Waals surface area contributed by atoms with Crippen LogP contribution in [0, 0.1) is 41.4 Å². The van der Waals surface area contributed by atoms with Crippen LogP contribution in [0.4, 0.5) is 0 Å². The lowest BCUT2D eigenvalue weighted by Crippen LogP contribution is -2.59. The van der Waals surface area contributed by atoms with Gasteiger partial charge in [0.15, 0.2) is 18.4 Å². The topological polar surface area (TPSA) is 154 Å². The number of aliphatic hydroxyl groups is 1. The molecule has 52 heavy (non-hydrogen) atoms. The Morgan fingerprint density at radius 1 is 0.865 bits per heavy atom. The molecule has 19 atom stereocenters. The molecule has 0 radical (unpaired) electrons. The molecular weight excluding hydrogens is 670 g/mol. The van der Waals surface area contributed by atoms with Crippen LogP contribution in [0.2, 0.25) is 0 Å². The maximum Gasteiger partial charge on any atom is 0.306 e. The standard InChI is InChI=1S/C40H65NO11/c1-9-23-11-10-12-30(52-32-14-13-19(2)21(4)48-32)20(3)35(43)29-17-26-25-15-24(51-40-39(47-8)38(46-7)37(45-6)22(5)49-40)16-28(25)36(44)34(41)33(26)27(29)18-31(42)50-23/h17,19-28,30,32-34,36-40,44H,9-16,18,41H2,1-8H3/t19-,20+,21?,22?,23-,24-,25-,26-,27+,28+,30-,32-,33+,34+,36+,37-,38+,39?,40-/m0/s1. The van der Waals surface area contributed by atoms with Gasteiger partial charge in [-0.2, -0.15) is 0 Å². The van der Waals surface area contributed by atoms with Crippen molar-refractivity contribution in [3.63, 3.8) is 0 Å². The van der Waals surface area contributed by atoms with Gasteiger partial charge in [0.2, 0.25) is 0 Å². The fourth-order valence-corrected chi connectivity index (χ4v) is 10.5. The zero-order valence-electron chi connectivity index (χ0n) is 32.5. The zero-order chi connectivity index (χ0) is 37.4. The minimum Gasteiger partial charge on any atom is -0.462 e. The average Bonchev–Trinajstić information content (AvgIpc) is 3.71. The monoisotopic (exact) mass is 735 g/mol. The number of hydrogen-bond acceptors (Lipinski definition) is 12. The fourth-order valence-electron chi connectivity index (χ4n) is 10.5. The molecule has 2 saturated carbocycles. The molecule has 5 fully saturated rings. The molecule has 6 rings (SSSR count). The number of Topliss-reactive ketones (excluding diaryl/α,β-unsaturated/α-hetero) is 1. The van der Waals surface area contributed by atoms with E-state index in [-0.39, 0.29) is 84.8 Å². The van der Waals surface area contributed by atoms with Crippen molar-refractivity contribution in [2.75, 3.05) is 21.3 Å². The summed E-state index contributed by atoms with van der Waals surface area (Å²) in [5.41, 5.74) is 7.57. The van der Waals surface area contributed by atoms with Crippen molar-refractivity contribution in [2.45, 2.75) is 166 Å². The Labute approximate surface area is 310 Å². The first-order valence-corrected chi connectivity index (χ1v) is 20.0. The molecule has 3 aliphatic heterocycles. The van der Waals surface area contributed by atoms with Crippen molar-refractivity contribution < 1.29 is 52.6 Å². The van der Waals surface area contributed by atoms with E-state index in [9.17, 15) is 14.7 Å². The van der Waals surface area contributed by atoms with Gasteiger partial charge < -0.3 is 48.7 Å². The quantitative estimate of drug-likeness (QED) is 0.341. The predicted molar refractivity (Wildman–Crippen MR) is 191 cm³/mol. The van der Waals surface area contributed by atoms with Crippen molar-refractivity contribution in [1.29, 1.82) is 0 Å². The molecule has 3 N–H and O–H groups in total. The first-order valence-electron chi connectivity index (χ1n) is 20.0. The lowest BCUT2D eigenvalue weighted by molar-refractivity contribution is -0.314. The largest absolute Gasteiger partial charge is 0.462 e. The Morgan fingerprint density at radius 3 is 2.25 bits per heavy atom. The van der Waals surface area contributed by atoms with E-state index in [1.165, 1.54) is 0 Å². The summed E-state index contributed by atoms with van der Waals surface area (Å²) in [5.74, 6) is -1.32. The van der Waals surface area contributed by atoms with Crippen LogP contribution in [-0.2, 0) is 47.5 Å². The van der Waals surface area contributed by atoms with Gasteiger partial charge in [-0.3, -0.25) is 9.59 Å². The normalized spacial score (nSPS) is 48.8. The maximum atomic E-state index is 14.7. The van der Waals surface area contributed by atoms with Gasteiger partial charge in [-0.05, 0) is 100 Å². The summed E-state index contributed by atoms with van der Waals surface area (Å²) in [6.07, 6.45) is 3.93. The van der Waals surface area contributed by atoms with E-state index in [0.29, 0.717) is 43.6 Å². The summed E-state index contributed by atoms with van der Waals surface area (Å²) in [6, 6.07) is -0.626. The van der Waals surface area contributed by atoms with E-state index in [0.717, 1.165) is 19.3 Å². The number of esters is 1. The first kappa shape index (κ1) is 40.2. The third kappa shape index (κ3) is 7.93. The molecule has 0 aromatic rings. The molecule has 3 saturated heterocycles. The van der Waals surface area contributed by atoms with E-state index in [4.69, 9.17) is 43.6 Å². The summed E-state index contributed by atoms with van der Waals surface area (Å²) >= 11 is 0. The lowest BCUT2D eigenvalue weighted by Gasteiger charge is -2.45. The highest BCUT2D eigenvalue weighted by Crippen LogP contribution is 2.56. The number of rotatable bonds is 8. The number of ketones is 1. The second-order valence-electron chi connectivity index (χ2n) is 16.6. The maximum absolute atomic E-state index is 14.7. The van der Waals surface area contributed by atoms with Gasteiger partial charge in [-0.15, -0.1) is 0 Å². The minimum absolute atomic E-state index is 0.00104. The Bertz CT molecular complexity index is 1260. The highest BCUT2D eigenvalue weighted by molar-refractivity contribution is 5.99. The number of nitrogens with two attached hydrogens (primary N) is 1. The molecule has 0 aromatic heterocycles. The summed E-state index contributed by atoms with van der Waals surface area (Å²) in [6.45, 7) is 10.2. The predicted octanol–water partition coefficient (Wildman–Crippen LogP) is 4.33. The molecule has 6 aliphatic rings. The molecule has 0 spiro atoms. The van der Waals surface area contributed by atoms with Gasteiger partial charge in [-0.1, -0.05) is 26.8 Å². The Hall–Kier alpha value is -1.48. The average molecular weight is 736 g/mol. The van der Waals surface area contributed by atoms with E-state index in [2.05, 4.69) is 19.9 Å². The molecule has 0 aromatic carbocycles. The number of carbonyl (C=O) groups excluding carboxylic acids is 2. The van der Waals surface area contributed by atoms with Gasteiger partial charge in [0.1, 0.15) is 24.4 Å². The van der Waals surface area contributed by atoms with Gasteiger partial charge >= 0.3 is 5.97 Å². The summed E-state index contributed by atoms with van der Waals surface area (Å²) in [4.78, 5) is 28.2. The first-order chi connectivity index (χ1) is 24.9. The van der Waals surface area contributed by atoms with Crippen molar-refractivity contribution in [3.8, 4) is 0 Å². The third-order valence-corrected chi connectivity index (χ3v) is 13.7. The van der Waals surface area contributed by atoms with Crippen LogP contribution in [0.1, 0.15) is 92.4 Å². The molecule has 3 unspecified atom stereocenters. The van der Waals surface area contributed by atoms with Gasteiger partial charge in [0, 0.05) is 39.2 Å². The Morgan fingerprint density at radius 2 is 1.58 bits per heavy atom. The molecule has 0 amide bonds. The van der Waals surface area contributed by atoms with Crippen molar-refractivity contribution in [3.05, 3.63) is 11.6 Å². The Balaban J connectivity index is 1.25. The van der Waals surface area contributed by atoms with E-state index < -0.39 is 42.5 Å². The molecule has 12 nitrogen and oxygen atoms in total. The molecule has 0 bridgehead atoms. The van der Waals surface area contributed by atoms with Crippen LogP contribution < -0.4 is 5.73 Å². The zero-order valence-corrected chi connectivity index (χ0v) is 32.5. The van der Waals surface area contributed by atoms with Crippen LogP contribution in [0.15, 0.2) is 11.6 Å². The SMILES string of the molecule is CC[C@H]1CCC[C@H](O[C@H]2CC[C@H](C)C(C)O2)[C@@H](C)C(=O)C2=C[C@H]3[C@@H]4C[C@H](O[C@@H]5OC(C)[C@H](OC)[C@@H](OC)C5OC)C[C@H]4[C@@H](O)[C@H](N)[C@H]3[C@@H]2CC(=O)O1. The summed E-state index contributed by atoms with van der Waals surface area (Å²) in [5, 5.41) is 11.8. The summed E-state index contributed by atoms with van der Waals surface area (Å²) in [7, 11) is 4.87. The Kier molecular flexibility index (Phi) is 13.2. The van der Waals surface area contributed by atoms with Crippen molar-refractivity contribution >= 4 is 11.8 Å². The minimum atomic E-state index is -0.821. The van der Waals surface area contributed by atoms with Crippen LogP contribution in [0.25, 0.3) is 0 Å². The van der Waals surface area contributed by atoms with E-state index >= 15 is 0 Å². The molecule has 3 aliphatic carbocycles. The smallest absolute Gasteiger partial charge is 0.306 e.